The van der Waals surface area contributed by atoms with E-state index < -0.39 is 4.92 Å². The number of H-pyrrole nitrogens is 1. The molecule has 0 aliphatic heterocycles. The van der Waals surface area contributed by atoms with Crippen molar-refractivity contribution in [2.75, 3.05) is 7.11 Å². The maximum Gasteiger partial charge on any atom is 0.296 e. The minimum atomic E-state index is -0.458. The minimum Gasteiger partial charge on any atom is -0.495 e. The molecule has 0 radical (unpaired) electrons. The third-order valence-corrected chi connectivity index (χ3v) is 1.92. The van der Waals surface area contributed by atoms with Gasteiger partial charge in [-0.15, -0.1) is 0 Å². The number of fused-ring (bicyclic) bond motifs is 1. The van der Waals surface area contributed by atoms with Crippen molar-refractivity contribution in [2.45, 2.75) is 0 Å². The number of aromatic amines is 1. The van der Waals surface area contributed by atoms with E-state index in [0.29, 0.717) is 16.8 Å². The molecule has 0 aromatic carbocycles. The summed E-state index contributed by atoms with van der Waals surface area (Å²) in [4.78, 5) is 16.8. The number of nitro groups is 1. The smallest absolute Gasteiger partial charge is 0.296 e. The number of rotatable bonds is 2. The largest absolute Gasteiger partial charge is 0.495 e. The van der Waals surface area contributed by atoms with Crippen LogP contribution in [-0.2, 0) is 0 Å². The number of nitrogens with zero attached hydrogens (tertiary/aromatic N) is 2. The molecule has 2 heterocycles. The predicted octanol–water partition coefficient (Wildman–Crippen LogP) is 1.48. The first-order chi connectivity index (χ1) is 6.72. The summed E-state index contributed by atoms with van der Waals surface area (Å²) in [6, 6.07) is 1.58. The molecule has 0 aliphatic carbocycles. The highest BCUT2D eigenvalue weighted by Crippen LogP contribution is 2.26. The van der Waals surface area contributed by atoms with Crippen molar-refractivity contribution in [1.29, 1.82) is 0 Å². The van der Waals surface area contributed by atoms with Crippen LogP contribution in [0.3, 0.4) is 0 Å². The van der Waals surface area contributed by atoms with Crippen LogP contribution in [0, 0.1) is 10.1 Å². The lowest BCUT2D eigenvalue weighted by Crippen LogP contribution is -1.87. The molecular weight excluding hydrogens is 186 g/mol. The van der Waals surface area contributed by atoms with E-state index in [0.717, 1.165) is 0 Å². The Labute approximate surface area is 78.7 Å². The van der Waals surface area contributed by atoms with Crippen LogP contribution in [0.25, 0.3) is 11.0 Å². The molecule has 0 saturated carbocycles. The fraction of sp³-hybridized carbons (Fsp3) is 0.125. The van der Waals surface area contributed by atoms with Crippen molar-refractivity contribution in [2.24, 2.45) is 0 Å². The molecule has 2 rings (SSSR count). The number of pyridine rings is 1. The van der Waals surface area contributed by atoms with Gasteiger partial charge >= 0.3 is 0 Å². The molecule has 2 aromatic heterocycles. The quantitative estimate of drug-likeness (QED) is 0.578. The average molecular weight is 193 g/mol. The highest BCUT2D eigenvalue weighted by atomic mass is 16.6. The van der Waals surface area contributed by atoms with E-state index in [4.69, 9.17) is 4.74 Å². The molecule has 0 unspecified atom stereocenters. The Kier molecular flexibility index (Phi) is 1.81. The van der Waals surface area contributed by atoms with Crippen LogP contribution >= 0.6 is 0 Å². The van der Waals surface area contributed by atoms with E-state index >= 15 is 0 Å². The summed E-state index contributed by atoms with van der Waals surface area (Å²) in [5, 5.41) is 11.0. The zero-order valence-corrected chi connectivity index (χ0v) is 7.35. The van der Waals surface area contributed by atoms with E-state index in [9.17, 15) is 10.1 Å². The Morgan fingerprint density at radius 3 is 3.07 bits per heavy atom. The van der Waals surface area contributed by atoms with Gasteiger partial charge in [-0.05, 0) is 6.07 Å². The van der Waals surface area contributed by atoms with Gasteiger partial charge in [-0.25, -0.2) is 4.98 Å². The normalized spacial score (nSPS) is 10.4. The van der Waals surface area contributed by atoms with Crippen LogP contribution in [0.4, 0.5) is 5.69 Å². The summed E-state index contributed by atoms with van der Waals surface area (Å²) in [7, 11) is 1.49. The van der Waals surface area contributed by atoms with Gasteiger partial charge in [0.2, 0.25) is 0 Å². The lowest BCUT2D eigenvalue weighted by Gasteiger charge is -1.96. The fourth-order valence-corrected chi connectivity index (χ4v) is 1.23. The second-order valence-corrected chi connectivity index (χ2v) is 2.70. The molecule has 6 heteroatoms. The van der Waals surface area contributed by atoms with E-state index in [1.807, 2.05) is 0 Å². The Hall–Kier alpha value is -2.11. The van der Waals surface area contributed by atoms with Crippen LogP contribution in [-0.4, -0.2) is 22.0 Å². The van der Waals surface area contributed by atoms with Gasteiger partial charge in [0.1, 0.15) is 16.8 Å². The molecule has 0 amide bonds. The van der Waals surface area contributed by atoms with Gasteiger partial charge in [-0.3, -0.25) is 10.1 Å². The number of nitrogens with one attached hydrogen (secondary N) is 1. The summed E-state index contributed by atoms with van der Waals surface area (Å²) < 4.78 is 4.93. The van der Waals surface area contributed by atoms with E-state index in [1.54, 1.807) is 6.07 Å². The lowest BCUT2D eigenvalue weighted by atomic mass is 10.3. The van der Waals surface area contributed by atoms with Gasteiger partial charge in [-0.2, -0.15) is 0 Å². The maximum absolute atomic E-state index is 10.6. The lowest BCUT2D eigenvalue weighted by molar-refractivity contribution is -0.383. The minimum absolute atomic E-state index is 0.00593. The molecule has 14 heavy (non-hydrogen) atoms. The topological polar surface area (TPSA) is 81.0 Å². The highest BCUT2D eigenvalue weighted by molar-refractivity contribution is 5.86. The number of ether oxygens (including phenoxy) is 1. The first-order valence-corrected chi connectivity index (χ1v) is 3.88. The number of hydrogen-bond donors (Lipinski definition) is 1. The first-order valence-electron chi connectivity index (χ1n) is 3.88. The van der Waals surface area contributed by atoms with Crippen LogP contribution < -0.4 is 4.74 Å². The van der Waals surface area contributed by atoms with Gasteiger partial charge in [0, 0.05) is 0 Å². The average Bonchev–Trinajstić information content (AvgIpc) is 2.59. The molecule has 0 bridgehead atoms. The number of hydrogen-bond acceptors (Lipinski definition) is 4. The zero-order chi connectivity index (χ0) is 10.1. The van der Waals surface area contributed by atoms with E-state index in [1.165, 1.54) is 19.5 Å². The van der Waals surface area contributed by atoms with Crippen molar-refractivity contribution in [3.8, 4) is 5.75 Å². The van der Waals surface area contributed by atoms with Gasteiger partial charge in [-0.1, -0.05) is 0 Å². The Morgan fingerprint density at radius 2 is 2.43 bits per heavy atom. The molecule has 0 fully saturated rings. The molecule has 72 valence electrons. The van der Waals surface area contributed by atoms with Gasteiger partial charge in [0.25, 0.3) is 5.69 Å². The van der Waals surface area contributed by atoms with Crippen molar-refractivity contribution in [3.05, 3.63) is 28.6 Å². The molecule has 2 aromatic rings. The zero-order valence-electron chi connectivity index (χ0n) is 7.35. The predicted molar refractivity (Wildman–Crippen MR) is 49.3 cm³/mol. The van der Waals surface area contributed by atoms with Gasteiger partial charge in [0.15, 0.2) is 0 Å². The second kappa shape index (κ2) is 2.99. The van der Waals surface area contributed by atoms with Crippen LogP contribution in [0.5, 0.6) is 5.75 Å². The summed E-state index contributed by atoms with van der Waals surface area (Å²) in [5.41, 5.74) is 0.490. The Morgan fingerprint density at radius 1 is 1.64 bits per heavy atom. The first kappa shape index (κ1) is 8.49. The SMILES string of the molecule is COc1cnc2[nH]cc([N+](=O)[O-])c2c1. The van der Waals surface area contributed by atoms with Crippen molar-refractivity contribution < 1.29 is 9.66 Å². The molecular formula is C8H7N3O3. The molecule has 0 spiro atoms. The van der Waals surface area contributed by atoms with Crippen LogP contribution in [0.1, 0.15) is 0 Å². The van der Waals surface area contributed by atoms with Crippen LogP contribution in [0.15, 0.2) is 18.5 Å². The summed E-state index contributed by atoms with van der Waals surface area (Å²) >= 11 is 0. The second-order valence-electron chi connectivity index (χ2n) is 2.70. The Bertz CT molecular complexity index is 492. The van der Waals surface area contributed by atoms with E-state index in [-0.39, 0.29) is 5.69 Å². The molecule has 0 aliphatic rings. The standard InChI is InChI=1S/C8H7N3O3/c1-14-5-2-6-7(11(12)13)4-10-8(6)9-3-5/h2-4H,1H3,(H,9,10). The molecule has 6 nitrogen and oxygen atoms in total. The monoisotopic (exact) mass is 193 g/mol. The van der Waals surface area contributed by atoms with Gasteiger partial charge < -0.3 is 9.72 Å². The van der Waals surface area contributed by atoms with Crippen molar-refractivity contribution >= 4 is 16.7 Å². The summed E-state index contributed by atoms with van der Waals surface area (Å²) in [6.07, 6.45) is 2.82. The molecule has 0 atom stereocenters. The number of methoxy groups -OCH3 is 1. The van der Waals surface area contributed by atoms with E-state index in [2.05, 4.69) is 9.97 Å². The van der Waals surface area contributed by atoms with Crippen molar-refractivity contribution in [3.63, 3.8) is 0 Å². The highest BCUT2D eigenvalue weighted by Gasteiger charge is 2.14. The maximum atomic E-state index is 10.6. The molecule has 1 N–H and O–H groups in total. The molecule has 0 saturated heterocycles. The third kappa shape index (κ3) is 1.17. The Balaban J connectivity index is 2.69. The van der Waals surface area contributed by atoms with Crippen LogP contribution in [0.2, 0.25) is 0 Å². The number of aromatic nitrogens is 2. The van der Waals surface area contributed by atoms with Gasteiger partial charge in [0.05, 0.1) is 24.4 Å². The van der Waals surface area contributed by atoms with Crippen molar-refractivity contribution in [1.82, 2.24) is 9.97 Å². The summed E-state index contributed by atoms with van der Waals surface area (Å²) in [5.74, 6) is 0.500. The third-order valence-electron chi connectivity index (χ3n) is 1.92. The fourth-order valence-electron chi connectivity index (χ4n) is 1.23. The summed E-state index contributed by atoms with van der Waals surface area (Å²) in [6.45, 7) is 0.